The van der Waals surface area contributed by atoms with E-state index in [9.17, 15) is 14.9 Å². The van der Waals surface area contributed by atoms with Crippen molar-refractivity contribution in [3.63, 3.8) is 0 Å². The Morgan fingerprint density at radius 1 is 1.23 bits per heavy atom. The van der Waals surface area contributed by atoms with E-state index in [4.69, 9.17) is 11.6 Å². The first-order valence-electron chi connectivity index (χ1n) is 8.68. The van der Waals surface area contributed by atoms with Gasteiger partial charge in [0.15, 0.2) is 6.04 Å². The van der Waals surface area contributed by atoms with Crippen LogP contribution < -0.4 is 5.01 Å². The number of azo groups is 1. The third-order valence-electron chi connectivity index (χ3n) is 4.24. The van der Waals surface area contributed by atoms with Crippen molar-refractivity contribution in [2.24, 2.45) is 15.3 Å². The summed E-state index contributed by atoms with van der Waals surface area (Å²) in [5.74, 6) is -0.370. The third kappa shape index (κ3) is 3.95. The van der Waals surface area contributed by atoms with Crippen LogP contribution in [0.2, 0.25) is 5.02 Å². The number of non-ortho nitro benzene ring substituents is 1. The van der Waals surface area contributed by atoms with Crippen LogP contribution in [0.25, 0.3) is 11.3 Å². The second-order valence-corrected chi connectivity index (χ2v) is 7.58. The maximum atomic E-state index is 12.8. The quantitative estimate of drug-likeness (QED) is 0.306. The van der Waals surface area contributed by atoms with Crippen LogP contribution in [0.4, 0.5) is 16.5 Å². The second kappa shape index (κ2) is 8.09. The van der Waals surface area contributed by atoms with Crippen molar-refractivity contribution in [2.45, 2.75) is 13.0 Å². The van der Waals surface area contributed by atoms with Gasteiger partial charge >= 0.3 is 0 Å². The SMILES string of the molecule is CC1=NN(c2nc(-c3cccc([N+](=O)[O-])c3)cs2)C(=O)[C@@H]1N=Nc1ccc(Cl)cc1. The Morgan fingerprint density at radius 2 is 2.00 bits per heavy atom. The number of amides is 1. The summed E-state index contributed by atoms with van der Waals surface area (Å²) in [6, 6.07) is 12.1. The average molecular weight is 441 g/mol. The molecule has 0 spiro atoms. The Kier molecular flexibility index (Phi) is 5.34. The molecule has 11 heteroatoms. The lowest BCUT2D eigenvalue weighted by Crippen LogP contribution is -2.29. The zero-order valence-electron chi connectivity index (χ0n) is 15.5. The lowest BCUT2D eigenvalue weighted by Gasteiger charge is -2.08. The van der Waals surface area contributed by atoms with E-state index >= 15 is 0 Å². The highest BCUT2D eigenvalue weighted by Crippen LogP contribution is 2.32. The van der Waals surface area contributed by atoms with Gasteiger partial charge in [0.05, 0.1) is 22.0 Å². The molecule has 0 saturated heterocycles. The molecule has 2 aromatic carbocycles. The predicted octanol–water partition coefficient (Wildman–Crippen LogP) is 5.25. The van der Waals surface area contributed by atoms with Crippen LogP contribution in [-0.2, 0) is 4.79 Å². The molecular formula is C19H13ClN6O3S. The van der Waals surface area contributed by atoms with E-state index in [2.05, 4.69) is 20.3 Å². The number of nitro groups is 1. The number of rotatable bonds is 5. The minimum absolute atomic E-state index is 0.0316. The van der Waals surface area contributed by atoms with Gasteiger partial charge in [-0.1, -0.05) is 23.7 Å². The number of hydrogen-bond acceptors (Lipinski definition) is 8. The number of nitrogens with zero attached hydrogens (tertiary/aromatic N) is 6. The molecule has 1 amide bonds. The molecule has 0 N–H and O–H groups in total. The topological polar surface area (TPSA) is 113 Å². The molecular weight excluding hydrogens is 428 g/mol. The first kappa shape index (κ1) is 19.8. The van der Waals surface area contributed by atoms with E-state index in [0.717, 1.165) is 0 Å². The first-order chi connectivity index (χ1) is 14.4. The Labute approximate surface area is 179 Å². The van der Waals surface area contributed by atoms with Gasteiger partial charge in [-0.25, -0.2) is 4.98 Å². The monoisotopic (exact) mass is 440 g/mol. The molecule has 0 fully saturated rings. The molecule has 30 heavy (non-hydrogen) atoms. The number of hydrogen-bond donors (Lipinski definition) is 0. The van der Waals surface area contributed by atoms with Gasteiger partial charge < -0.3 is 0 Å². The molecule has 150 valence electrons. The predicted molar refractivity (Wildman–Crippen MR) is 115 cm³/mol. The molecule has 2 heterocycles. The molecule has 0 unspecified atom stereocenters. The highest BCUT2D eigenvalue weighted by Gasteiger charge is 2.36. The van der Waals surface area contributed by atoms with Crippen LogP contribution in [-0.4, -0.2) is 27.6 Å². The van der Waals surface area contributed by atoms with E-state index in [0.29, 0.717) is 32.8 Å². The summed E-state index contributed by atoms with van der Waals surface area (Å²) in [5, 5.41) is 27.3. The van der Waals surface area contributed by atoms with Crippen molar-refractivity contribution in [3.8, 4) is 11.3 Å². The van der Waals surface area contributed by atoms with Crippen LogP contribution in [0.15, 0.2) is 69.2 Å². The average Bonchev–Trinajstić information content (AvgIpc) is 3.33. The summed E-state index contributed by atoms with van der Waals surface area (Å²) < 4.78 is 0. The summed E-state index contributed by atoms with van der Waals surface area (Å²) in [6.45, 7) is 1.69. The molecule has 0 aliphatic carbocycles. The minimum Gasteiger partial charge on any atom is -0.269 e. The number of halogens is 1. The highest BCUT2D eigenvalue weighted by molar-refractivity contribution is 7.14. The molecule has 9 nitrogen and oxygen atoms in total. The van der Waals surface area contributed by atoms with Crippen LogP contribution in [0.5, 0.6) is 0 Å². The van der Waals surface area contributed by atoms with E-state index in [1.165, 1.54) is 28.5 Å². The minimum atomic E-state index is -0.842. The van der Waals surface area contributed by atoms with Crippen LogP contribution >= 0.6 is 22.9 Å². The zero-order valence-corrected chi connectivity index (χ0v) is 17.0. The molecule has 1 aliphatic heterocycles. The summed E-state index contributed by atoms with van der Waals surface area (Å²) in [6.07, 6.45) is 0. The molecule has 0 saturated carbocycles. The van der Waals surface area contributed by atoms with Gasteiger partial charge in [-0.3, -0.25) is 14.9 Å². The molecule has 3 aromatic rings. The fourth-order valence-electron chi connectivity index (χ4n) is 2.73. The number of thiazole rings is 1. The number of carbonyl (C=O) groups is 1. The van der Waals surface area contributed by atoms with Gasteiger partial charge in [-0.05, 0) is 31.2 Å². The van der Waals surface area contributed by atoms with Crippen LogP contribution in [0.1, 0.15) is 6.92 Å². The Bertz CT molecular complexity index is 1190. The Morgan fingerprint density at radius 3 is 2.73 bits per heavy atom. The fourth-order valence-corrected chi connectivity index (χ4v) is 3.64. The Hall–Kier alpha value is -3.50. The number of hydrazone groups is 1. The largest absolute Gasteiger partial charge is 0.282 e. The van der Waals surface area contributed by atoms with Gasteiger partial charge in [0.25, 0.3) is 11.6 Å². The van der Waals surface area contributed by atoms with Crippen molar-refractivity contribution in [1.82, 2.24) is 4.98 Å². The highest BCUT2D eigenvalue weighted by atomic mass is 35.5. The number of benzene rings is 2. The number of carbonyl (C=O) groups excluding carboxylic acids is 1. The van der Waals surface area contributed by atoms with Crippen molar-refractivity contribution in [1.29, 1.82) is 0 Å². The lowest BCUT2D eigenvalue weighted by molar-refractivity contribution is -0.384. The zero-order chi connectivity index (χ0) is 21.3. The maximum absolute atomic E-state index is 12.8. The van der Waals surface area contributed by atoms with Gasteiger partial charge in [0.1, 0.15) is 0 Å². The van der Waals surface area contributed by atoms with Gasteiger partial charge in [-0.2, -0.15) is 20.3 Å². The molecule has 0 bridgehead atoms. The summed E-state index contributed by atoms with van der Waals surface area (Å²) in [4.78, 5) is 27.7. The first-order valence-corrected chi connectivity index (χ1v) is 9.94. The standard InChI is InChI=1S/C19H13ClN6O3S/c1-11-17(23-22-14-7-5-13(20)6-8-14)18(27)25(24-11)19-21-16(10-30-19)12-3-2-4-15(9-12)26(28)29/h2-10,17H,1H3/t17-/m1/s1. The van der Waals surface area contributed by atoms with Crippen molar-refractivity contribution >= 4 is 51.1 Å². The molecule has 1 atom stereocenters. The van der Waals surface area contributed by atoms with E-state index < -0.39 is 11.0 Å². The fraction of sp³-hybridized carbons (Fsp3) is 0.105. The van der Waals surface area contributed by atoms with E-state index in [-0.39, 0.29) is 11.6 Å². The van der Waals surface area contributed by atoms with Crippen molar-refractivity contribution in [2.75, 3.05) is 5.01 Å². The lowest BCUT2D eigenvalue weighted by atomic mass is 10.1. The molecule has 1 aliphatic rings. The van der Waals surface area contributed by atoms with Crippen LogP contribution in [0.3, 0.4) is 0 Å². The summed E-state index contributed by atoms with van der Waals surface area (Å²) in [5.41, 5.74) is 2.13. The van der Waals surface area contributed by atoms with Crippen molar-refractivity contribution in [3.05, 3.63) is 69.0 Å². The van der Waals surface area contributed by atoms with E-state index in [1.54, 1.807) is 48.7 Å². The maximum Gasteiger partial charge on any atom is 0.282 e. The van der Waals surface area contributed by atoms with E-state index in [1.807, 2.05) is 0 Å². The second-order valence-electron chi connectivity index (χ2n) is 6.31. The molecule has 1 aromatic heterocycles. The van der Waals surface area contributed by atoms with Crippen LogP contribution in [0, 0.1) is 10.1 Å². The number of nitro benzene ring substituents is 1. The van der Waals surface area contributed by atoms with Gasteiger partial charge in [0, 0.05) is 28.1 Å². The van der Waals surface area contributed by atoms with Gasteiger partial charge in [0.2, 0.25) is 5.13 Å². The molecule has 0 radical (unpaired) electrons. The molecule has 4 rings (SSSR count). The summed E-state index contributed by atoms with van der Waals surface area (Å²) in [7, 11) is 0. The third-order valence-corrected chi connectivity index (χ3v) is 5.31. The smallest absolute Gasteiger partial charge is 0.269 e. The number of anilines is 1. The number of aromatic nitrogens is 1. The van der Waals surface area contributed by atoms with Crippen molar-refractivity contribution < 1.29 is 9.72 Å². The summed E-state index contributed by atoms with van der Waals surface area (Å²) >= 11 is 7.06. The Balaban J connectivity index is 1.54. The normalized spacial score (nSPS) is 16.3. The van der Waals surface area contributed by atoms with Gasteiger partial charge in [-0.15, -0.1) is 11.3 Å².